The molecule has 0 aromatic heterocycles. The van der Waals surface area contributed by atoms with E-state index in [2.05, 4.69) is 31.4 Å². The third-order valence-electron chi connectivity index (χ3n) is 5.62. The number of hydrogen-bond acceptors (Lipinski definition) is 1. The van der Waals surface area contributed by atoms with Gasteiger partial charge in [-0.15, -0.1) is 0 Å². The first kappa shape index (κ1) is 14.2. The van der Waals surface area contributed by atoms with E-state index in [9.17, 15) is 4.79 Å². The normalized spacial score (nSPS) is 39.9. The van der Waals surface area contributed by atoms with Gasteiger partial charge in [-0.25, -0.2) is 4.79 Å². The molecule has 4 saturated carbocycles. The van der Waals surface area contributed by atoms with Crippen molar-refractivity contribution < 1.29 is 4.79 Å². The largest absolute Gasteiger partial charge is 0.336 e. The maximum Gasteiger partial charge on any atom is 0.315 e. The highest BCUT2D eigenvalue weighted by molar-refractivity contribution is 5.75. The van der Waals surface area contributed by atoms with Crippen LogP contribution >= 0.6 is 0 Å². The summed E-state index contributed by atoms with van der Waals surface area (Å²) in [7, 11) is 0. The summed E-state index contributed by atoms with van der Waals surface area (Å²) in [5.41, 5.74) is 0.135. The van der Waals surface area contributed by atoms with Gasteiger partial charge in [-0.05, 0) is 75.5 Å². The first-order valence-corrected chi connectivity index (χ1v) is 8.53. The van der Waals surface area contributed by atoms with Crippen LogP contribution in [0.4, 0.5) is 4.79 Å². The molecule has 0 heterocycles. The number of amides is 2. The van der Waals surface area contributed by atoms with Crippen LogP contribution in [0.5, 0.6) is 0 Å². The van der Waals surface area contributed by atoms with Crippen molar-refractivity contribution in [1.29, 1.82) is 0 Å². The molecule has 20 heavy (non-hydrogen) atoms. The van der Waals surface area contributed by atoms with E-state index in [0.29, 0.717) is 5.92 Å². The molecular weight excluding hydrogens is 248 g/mol. The van der Waals surface area contributed by atoms with Crippen molar-refractivity contribution in [2.24, 2.45) is 23.7 Å². The van der Waals surface area contributed by atoms with Gasteiger partial charge < -0.3 is 10.6 Å². The van der Waals surface area contributed by atoms with Crippen molar-refractivity contribution in [2.75, 3.05) is 0 Å². The van der Waals surface area contributed by atoms with E-state index < -0.39 is 0 Å². The Morgan fingerprint density at radius 1 is 1.05 bits per heavy atom. The lowest BCUT2D eigenvalue weighted by Crippen LogP contribution is -2.62. The third-order valence-corrected chi connectivity index (χ3v) is 5.62. The topological polar surface area (TPSA) is 41.1 Å². The summed E-state index contributed by atoms with van der Waals surface area (Å²) in [5.74, 6) is 3.28. The number of carbonyl (C=O) groups excluding carboxylic acids is 1. The van der Waals surface area contributed by atoms with E-state index in [0.717, 1.165) is 24.2 Å². The molecule has 4 aliphatic rings. The Bertz CT molecular complexity index is 342. The molecule has 0 spiro atoms. The molecule has 0 aromatic rings. The summed E-state index contributed by atoms with van der Waals surface area (Å²) in [4.78, 5) is 12.3. The summed E-state index contributed by atoms with van der Waals surface area (Å²) < 4.78 is 0. The molecule has 114 valence electrons. The standard InChI is InChI=1S/C17H30N2O/c1-11(2)4-12(3)18-16(20)19-17-8-13-5-14(9-17)7-15(6-13)10-17/h11-15H,4-10H2,1-3H3,(H2,18,19,20). The van der Waals surface area contributed by atoms with Gasteiger partial charge in [-0.3, -0.25) is 0 Å². The van der Waals surface area contributed by atoms with Crippen LogP contribution in [0.15, 0.2) is 0 Å². The van der Waals surface area contributed by atoms with Crippen molar-refractivity contribution in [3.05, 3.63) is 0 Å². The van der Waals surface area contributed by atoms with Crippen LogP contribution in [0.25, 0.3) is 0 Å². The van der Waals surface area contributed by atoms with Gasteiger partial charge in [0.25, 0.3) is 0 Å². The van der Waals surface area contributed by atoms with Gasteiger partial charge in [-0.2, -0.15) is 0 Å². The quantitative estimate of drug-likeness (QED) is 0.809. The lowest BCUT2D eigenvalue weighted by molar-refractivity contribution is -0.0136. The molecule has 1 atom stereocenters. The van der Waals surface area contributed by atoms with Gasteiger partial charge in [0.2, 0.25) is 0 Å². The minimum atomic E-state index is 0.0695. The molecule has 4 aliphatic carbocycles. The molecule has 0 aliphatic heterocycles. The number of rotatable bonds is 4. The molecule has 3 nitrogen and oxygen atoms in total. The number of hydrogen-bond donors (Lipinski definition) is 2. The van der Waals surface area contributed by atoms with Crippen molar-refractivity contribution in [3.63, 3.8) is 0 Å². The van der Waals surface area contributed by atoms with Gasteiger partial charge in [0.15, 0.2) is 0 Å². The molecule has 2 N–H and O–H groups in total. The molecule has 0 aromatic carbocycles. The second kappa shape index (κ2) is 5.23. The number of carbonyl (C=O) groups is 1. The Labute approximate surface area is 123 Å². The Morgan fingerprint density at radius 2 is 1.55 bits per heavy atom. The van der Waals surface area contributed by atoms with Crippen molar-refractivity contribution >= 4 is 6.03 Å². The van der Waals surface area contributed by atoms with Crippen molar-refractivity contribution in [1.82, 2.24) is 10.6 Å². The Kier molecular flexibility index (Phi) is 3.72. The van der Waals surface area contributed by atoms with Gasteiger partial charge in [0, 0.05) is 11.6 Å². The highest BCUT2D eigenvalue weighted by Crippen LogP contribution is 2.55. The molecule has 0 radical (unpaired) electrons. The zero-order chi connectivity index (χ0) is 14.3. The van der Waals surface area contributed by atoms with Gasteiger partial charge in [0.05, 0.1) is 0 Å². The first-order chi connectivity index (χ1) is 9.44. The minimum Gasteiger partial charge on any atom is -0.336 e. The monoisotopic (exact) mass is 278 g/mol. The van der Waals surface area contributed by atoms with Crippen LogP contribution in [0.1, 0.15) is 65.7 Å². The summed E-state index contributed by atoms with van der Waals surface area (Å²) >= 11 is 0. The average molecular weight is 278 g/mol. The zero-order valence-electron chi connectivity index (χ0n) is 13.2. The van der Waals surface area contributed by atoms with Gasteiger partial charge in [0.1, 0.15) is 0 Å². The molecule has 2 amide bonds. The smallest absolute Gasteiger partial charge is 0.315 e. The number of nitrogens with one attached hydrogen (secondary N) is 2. The molecule has 1 unspecified atom stereocenters. The van der Waals surface area contributed by atoms with E-state index in [1.165, 1.54) is 38.5 Å². The van der Waals surface area contributed by atoms with Crippen LogP contribution < -0.4 is 10.6 Å². The maximum atomic E-state index is 12.3. The summed E-state index contributed by atoms with van der Waals surface area (Å²) in [6.07, 6.45) is 9.00. The molecule has 4 bridgehead atoms. The highest BCUT2D eigenvalue weighted by Gasteiger charge is 2.51. The summed E-state index contributed by atoms with van der Waals surface area (Å²) in [6.45, 7) is 6.52. The molecule has 4 rings (SSSR count). The SMILES string of the molecule is CC(C)CC(C)NC(=O)NC12CC3CC(CC(C3)C1)C2. The zero-order valence-corrected chi connectivity index (χ0v) is 13.2. The van der Waals surface area contributed by atoms with Crippen molar-refractivity contribution in [2.45, 2.75) is 77.3 Å². The van der Waals surface area contributed by atoms with E-state index >= 15 is 0 Å². The Balaban J connectivity index is 1.56. The molecule has 4 fully saturated rings. The van der Waals surface area contributed by atoms with Gasteiger partial charge >= 0.3 is 6.03 Å². The van der Waals surface area contributed by atoms with Crippen LogP contribution in [-0.2, 0) is 0 Å². The van der Waals surface area contributed by atoms with Crippen molar-refractivity contribution in [3.8, 4) is 0 Å². The lowest BCUT2D eigenvalue weighted by atomic mass is 9.53. The molecular formula is C17H30N2O. The molecule has 3 heteroatoms. The third kappa shape index (κ3) is 2.96. The second-order valence-electron chi connectivity index (χ2n) is 8.33. The summed E-state index contributed by atoms with van der Waals surface area (Å²) in [5, 5.41) is 6.51. The fourth-order valence-corrected chi connectivity index (χ4v) is 5.53. The number of urea groups is 1. The highest BCUT2D eigenvalue weighted by atomic mass is 16.2. The van der Waals surface area contributed by atoms with E-state index in [1.54, 1.807) is 0 Å². The van der Waals surface area contributed by atoms with Gasteiger partial charge in [-0.1, -0.05) is 13.8 Å². The van der Waals surface area contributed by atoms with Crippen LogP contribution in [0, 0.1) is 23.7 Å². The second-order valence-corrected chi connectivity index (χ2v) is 8.33. The fraction of sp³-hybridized carbons (Fsp3) is 0.941. The maximum absolute atomic E-state index is 12.3. The Hall–Kier alpha value is -0.730. The predicted molar refractivity (Wildman–Crippen MR) is 81.5 cm³/mol. The van der Waals surface area contributed by atoms with Crippen LogP contribution in [0.2, 0.25) is 0 Å². The minimum absolute atomic E-state index is 0.0695. The van der Waals surface area contributed by atoms with E-state index in [-0.39, 0.29) is 17.6 Å². The average Bonchev–Trinajstić information content (AvgIpc) is 2.23. The Morgan fingerprint density at radius 3 is 2.00 bits per heavy atom. The predicted octanol–water partition coefficient (Wildman–Crippen LogP) is 3.69. The van der Waals surface area contributed by atoms with Crippen LogP contribution in [0.3, 0.4) is 0 Å². The van der Waals surface area contributed by atoms with E-state index in [4.69, 9.17) is 0 Å². The molecule has 0 saturated heterocycles. The van der Waals surface area contributed by atoms with E-state index in [1.807, 2.05) is 0 Å². The summed E-state index contributed by atoms with van der Waals surface area (Å²) in [6, 6.07) is 0.337. The fourth-order valence-electron chi connectivity index (χ4n) is 5.53. The first-order valence-electron chi connectivity index (χ1n) is 8.53. The lowest BCUT2D eigenvalue weighted by Gasteiger charge is -2.56. The van der Waals surface area contributed by atoms with Crippen LogP contribution in [-0.4, -0.2) is 17.6 Å².